The maximum absolute atomic E-state index is 11.1. The third-order valence-corrected chi connectivity index (χ3v) is 6.04. The molecule has 0 amide bonds. The Labute approximate surface area is 180 Å². The van der Waals surface area contributed by atoms with Crippen LogP contribution in [0.2, 0.25) is 5.82 Å². The predicted octanol–water partition coefficient (Wildman–Crippen LogP) is 4.45. The lowest BCUT2D eigenvalue weighted by Crippen LogP contribution is -2.20. The van der Waals surface area contributed by atoms with E-state index in [1.807, 2.05) is 18.2 Å². The van der Waals surface area contributed by atoms with Crippen LogP contribution in [0.5, 0.6) is 5.75 Å². The van der Waals surface area contributed by atoms with Gasteiger partial charge in [-0.05, 0) is 29.3 Å². The minimum absolute atomic E-state index is 0.143. The Kier molecular flexibility index (Phi) is 7.95. The molecule has 0 atom stereocenters. The third kappa shape index (κ3) is 6.89. The quantitative estimate of drug-likeness (QED) is 0.719. The second-order valence-electron chi connectivity index (χ2n) is 8.00. The maximum atomic E-state index is 11.1. The summed E-state index contributed by atoms with van der Waals surface area (Å²) in [7, 11) is -1.71. The zero-order valence-electron chi connectivity index (χ0n) is 17.2. The number of benzene rings is 2. The van der Waals surface area contributed by atoms with Gasteiger partial charge in [0, 0.05) is 0 Å². The third-order valence-electron chi connectivity index (χ3n) is 5.62. The summed E-state index contributed by atoms with van der Waals surface area (Å²) in [4.78, 5) is 0. The molecule has 5 nitrogen and oxygen atoms in total. The van der Waals surface area contributed by atoms with Gasteiger partial charge in [0.15, 0.2) is 7.28 Å². The van der Waals surface area contributed by atoms with Gasteiger partial charge in [0.05, 0.1) is 11.6 Å². The molecule has 0 spiro atoms. The van der Waals surface area contributed by atoms with Gasteiger partial charge in [0.1, 0.15) is 5.75 Å². The summed E-state index contributed by atoms with van der Waals surface area (Å²) >= 11 is 0. The van der Waals surface area contributed by atoms with Gasteiger partial charge in [-0.3, -0.25) is 0 Å². The van der Waals surface area contributed by atoms with Crippen LogP contribution in [-0.2, 0) is 10.3 Å². The molecule has 0 heterocycles. The highest BCUT2D eigenvalue weighted by Crippen LogP contribution is 2.28. The number of nitrogens with zero attached hydrogens (tertiary/aromatic N) is 1. The highest BCUT2D eigenvalue weighted by Gasteiger charge is 2.15. The van der Waals surface area contributed by atoms with E-state index in [2.05, 4.69) is 13.3 Å². The molecule has 2 aromatic carbocycles. The Balaban J connectivity index is 1.78. The lowest BCUT2D eigenvalue weighted by molar-refractivity contribution is 0.488. The van der Waals surface area contributed by atoms with E-state index in [0.717, 1.165) is 16.6 Å². The fourth-order valence-corrected chi connectivity index (χ4v) is 4.49. The maximum Gasteiger partial charge on any atom is 0.380 e. The first kappa shape index (κ1) is 22.4. The summed E-state index contributed by atoms with van der Waals surface area (Å²) in [6.45, 7) is 0. The van der Waals surface area contributed by atoms with Crippen molar-refractivity contribution in [3.05, 3.63) is 48.0 Å². The molecule has 1 fully saturated rings. The SMILES string of the molecule is N#Cc1ccc([B]C2CCCCCCCCC2)cc1-c1ccc(OS(N)(=O)=O)cc1. The van der Waals surface area contributed by atoms with Crippen LogP contribution in [0.15, 0.2) is 42.5 Å². The molecular formula is C23H28BN2O3S. The Bertz CT molecular complexity index is 974. The van der Waals surface area contributed by atoms with Crippen molar-refractivity contribution in [3.8, 4) is 22.9 Å². The largest absolute Gasteiger partial charge is 0.380 e. The van der Waals surface area contributed by atoms with E-state index >= 15 is 0 Å². The molecule has 7 heteroatoms. The van der Waals surface area contributed by atoms with Gasteiger partial charge >= 0.3 is 10.3 Å². The predicted molar refractivity (Wildman–Crippen MR) is 121 cm³/mol. The summed E-state index contributed by atoms with van der Waals surface area (Å²) in [5.41, 5.74) is 3.36. The molecule has 2 N–H and O–H groups in total. The molecule has 0 saturated heterocycles. The van der Waals surface area contributed by atoms with Crippen molar-refractivity contribution in [3.63, 3.8) is 0 Å². The van der Waals surface area contributed by atoms with E-state index < -0.39 is 10.3 Å². The first-order chi connectivity index (χ1) is 14.4. The Hall–Kier alpha value is -2.30. The second-order valence-corrected chi connectivity index (χ2v) is 9.15. The summed E-state index contributed by atoms with van der Waals surface area (Å²) in [6.07, 6.45) is 11.7. The molecular weight excluding hydrogens is 395 g/mol. The first-order valence-corrected chi connectivity index (χ1v) is 12.1. The Morgan fingerprint density at radius 2 is 1.53 bits per heavy atom. The number of nitrogens with two attached hydrogens (primary N) is 1. The van der Waals surface area contributed by atoms with Gasteiger partial charge in [-0.1, -0.05) is 93.3 Å². The van der Waals surface area contributed by atoms with E-state index in [1.165, 1.54) is 57.8 Å². The van der Waals surface area contributed by atoms with Crippen molar-refractivity contribution in [1.82, 2.24) is 0 Å². The van der Waals surface area contributed by atoms with Crippen LogP contribution in [0.3, 0.4) is 0 Å². The van der Waals surface area contributed by atoms with Crippen LogP contribution < -0.4 is 14.8 Å². The zero-order valence-corrected chi connectivity index (χ0v) is 18.0. The monoisotopic (exact) mass is 423 g/mol. The van der Waals surface area contributed by atoms with E-state index in [0.29, 0.717) is 11.4 Å². The summed E-state index contributed by atoms with van der Waals surface area (Å²) in [5.74, 6) is 0.707. The average Bonchev–Trinajstić information content (AvgIpc) is 2.72. The number of hydrogen-bond donors (Lipinski definition) is 1. The van der Waals surface area contributed by atoms with Gasteiger partial charge < -0.3 is 4.18 Å². The van der Waals surface area contributed by atoms with Crippen LogP contribution in [0, 0.1) is 11.3 Å². The molecule has 1 aliphatic carbocycles. The molecule has 30 heavy (non-hydrogen) atoms. The van der Waals surface area contributed by atoms with Crippen molar-refractivity contribution in [1.29, 1.82) is 5.26 Å². The molecule has 0 unspecified atom stereocenters. The van der Waals surface area contributed by atoms with E-state index in [1.54, 1.807) is 24.3 Å². The highest BCUT2D eigenvalue weighted by molar-refractivity contribution is 7.84. The normalized spacial score (nSPS) is 16.4. The summed E-state index contributed by atoms with van der Waals surface area (Å²) in [6, 6.07) is 14.7. The number of nitriles is 1. The molecule has 0 bridgehead atoms. The van der Waals surface area contributed by atoms with Crippen molar-refractivity contribution in [2.24, 2.45) is 5.14 Å². The number of rotatable bonds is 5. The van der Waals surface area contributed by atoms with E-state index in [4.69, 9.17) is 9.32 Å². The second kappa shape index (κ2) is 10.6. The first-order valence-electron chi connectivity index (χ1n) is 10.7. The molecule has 2 aromatic rings. The minimum Gasteiger partial charge on any atom is -0.371 e. The van der Waals surface area contributed by atoms with E-state index in [-0.39, 0.29) is 5.75 Å². The van der Waals surface area contributed by atoms with Gasteiger partial charge in [-0.15, -0.1) is 0 Å². The molecule has 1 aliphatic rings. The van der Waals surface area contributed by atoms with Crippen molar-refractivity contribution < 1.29 is 12.6 Å². The highest BCUT2D eigenvalue weighted by atomic mass is 32.2. The molecule has 3 rings (SSSR count). The summed E-state index contributed by atoms with van der Waals surface area (Å²) < 4.78 is 26.9. The molecule has 0 aliphatic heterocycles. The van der Waals surface area contributed by atoms with Gasteiger partial charge in [-0.25, -0.2) is 0 Å². The molecule has 1 saturated carbocycles. The molecule has 0 aromatic heterocycles. The number of hydrogen-bond acceptors (Lipinski definition) is 4. The Morgan fingerprint density at radius 3 is 2.10 bits per heavy atom. The van der Waals surface area contributed by atoms with Gasteiger partial charge in [-0.2, -0.15) is 18.8 Å². The fraction of sp³-hybridized carbons (Fsp3) is 0.435. The standard InChI is InChI=1S/C23H28BN2O3S/c25-17-19-10-13-21(24-20-8-6-4-2-1-3-5-7-9-20)16-23(19)18-11-14-22(15-12-18)29-30(26,27)28/h10-16,20H,1-9H2,(H2,26,27,28). The van der Waals surface area contributed by atoms with Crippen LogP contribution >= 0.6 is 0 Å². The van der Waals surface area contributed by atoms with Crippen LogP contribution in [0.4, 0.5) is 0 Å². The topological polar surface area (TPSA) is 93.2 Å². The van der Waals surface area contributed by atoms with Crippen LogP contribution in [-0.4, -0.2) is 15.7 Å². The van der Waals surface area contributed by atoms with Gasteiger partial charge in [0.25, 0.3) is 0 Å². The van der Waals surface area contributed by atoms with E-state index in [9.17, 15) is 13.7 Å². The van der Waals surface area contributed by atoms with Crippen molar-refractivity contribution in [2.45, 2.75) is 63.6 Å². The smallest absolute Gasteiger partial charge is 0.371 e. The minimum atomic E-state index is -4.06. The lowest BCUT2D eigenvalue weighted by Gasteiger charge is -2.18. The lowest BCUT2D eigenvalue weighted by atomic mass is 9.55. The average molecular weight is 423 g/mol. The van der Waals surface area contributed by atoms with Crippen LogP contribution in [0.1, 0.15) is 63.4 Å². The van der Waals surface area contributed by atoms with Gasteiger partial charge in [0.2, 0.25) is 0 Å². The van der Waals surface area contributed by atoms with Crippen LogP contribution in [0.25, 0.3) is 11.1 Å². The van der Waals surface area contributed by atoms with Crippen molar-refractivity contribution in [2.75, 3.05) is 0 Å². The molecule has 1 radical (unpaired) electrons. The Morgan fingerprint density at radius 1 is 0.933 bits per heavy atom. The van der Waals surface area contributed by atoms with Crippen molar-refractivity contribution >= 4 is 23.0 Å². The summed E-state index contributed by atoms with van der Waals surface area (Å²) in [5, 5.41) is 14.5. The fourth-order valence-electron chi connectivity index (χ4n) is 4.11. The zero-order chi connectivity index (χ0) is 21.4. The molecule has 157 valence electrons.